The summed E-state index contributed by atoms with van der Waals surface area (Å²) in [6, 6.07) is 9.37. The summed E-state index contributed by atoms with van der Waals surface area (Å²) in [5, 5.41) is 6.39. The first-order valence-electron chi connectivity index (χ1n) is 6.59. The molecule has 0 spiro atoms. The number of aryl methyl sites for hydroxylation is 1. The van der Waals surface area contributed by atoms with Gasteiger partial charge in [0.1, 0.15) is 0 Å². The Morgan fingerprint density at radius 2 is 1.90 bits per heavy atom. The molecule has 0 radical (unpaired) electrons. The topological polar surface area (TPSA) is 66.1 Å². The van der Waals surface area contributed by atoms with Crippen LogP contribution in [0.4, 0.5) is 0 Å². The minimum atomic E-state index is -3.51. The van der Waals surface area contributed by atoms with Gasteiger partial charge in [0, 0.05) is 13.1 Å². The summed E-state index contributed by atoms with van der Waals surface area (Å²) in [5.41, 5.74) is 2.14. The lowest BCUT2D eigenvalue weighted by molar-refractivity contribution is 0.403. The van der Waals surface area contributed by atoms with Crippen LogP contribution in [-0.2, 0) is 16.6 Å². The summed E-state index contributed by atoms with van der Waals surface area (Å²) in [6.07, 6.45) is 2.21. The van der Waals surface area contributed by atoms with Crippen molar-refractivity contribution in [2.45, 2.75) is 31.8 Å². The highest BCUT2D eigenvalue weighted by molar-refractivity contribution is 7.89. The third kappa shape index (κ3) is 3.26. The van der Waals surface area contributed by atoms with E-state index in [1.54, 1.807) is 0 Å². The molecule has 108 valence electrons. The Bertz CT molecular complexity index is 634. The maximum absolute atomic E-state index is 12.5. The minimum Gasteiger partial charge on any atom is -0.266 e. The highest BCUT2D eigenvalue weighted by Crippen LogP contribution is 2.17. The van der Waals surface area contributed by atoms with Crippen molar-refractivity contribution < 1.29 is 8.42 Å². The third-order valence-electron chi connectivity index (χ3n) is 3.05. The fourth-order valence-electron chi connectivity index (χ4n) is 1.96. The van der Waals surface area contributed by atoms with Crippen LogP contribution in [0.25, 0.3) is 0 Å². The van der Waals surface area contributed by atoms with Gasteiger partial charge in [-0.3, -0.25) is 5.10 Å². The highest BCUT2D eigenvalue weighted by Gasteiger charge is 2.25. The highest BCUT2D eigenvalue weighted by atomic mass is 32.2. The van der Waals surface area contributed by atoms with E-state index in [1.807, 2.05) is 38.1 Å². The Morgan fingerprint density at radius 3 is 2.45 bits per heavy atom. The molecule has 0 unspecified atom stereocenters. The van der Waals surface area contributed by atoms with Crippen LogP contribution in [0, 0.1) is 6.92 Å². The van der Waals surface area contributed by atoms with Crippen LogP contribution in [0.5, 0.6) is 0 Å². The van der Waals surface area contributed by atoms with Crippen molar-refractivity contribution in [1.82, 2.24) is 14.5 Å². The van der Waals surface area contributed by atoms with Gasteiger partial charge in [0.15, 0.2) is 5.03 Å². The van der Waals surface area contributed by atoms with Crippen LogP contribution in [0.2, 0.25) is 0 Å². The Balaban J connectivity index is 2.25. The summed E-state index contributed by atoms with van der Waals surface area (Å²) in [5.74, 6) is 0. The van der Waals surface area contributed by atoms with Gasteiger partial charge in [0.25, 0.3) is 10.0 Å². The molecule has 2 rings (SSSR count). The van der Waals surface area contributed by atoms with E-state index in [2.05, 4.69) is 10.2 Å². The Hall–Kier alpha value is -1.66. The van der Waals surface area contributed by atoms with E-state index in [9.17, 15) is 8.42 Å². The molecular formula is C14H19N3O2S. The van der Waals surface area contributed by atoms with E-state index >= 15 is 0 Å². The van der Waals surface area contributed by atoms with Crippen LogP contribution in [-0.4, -0.2) is 29.5 Å². The number of H-pyrrole nitrogens is 1. The molecule has 0 saturated heterocycles. The van der Waals surface area contributed by atoms with Crippen molar-refractivity contribution in [3.8, 4) is 0 Å². The average Bonchev–Trinajstić information content (AvgIpc) is 2.95. The van der Waals surface area contributed by atoms with Crippen molar-refractivity contribution in [3.05, 3.63) is 47.7 Å². The summed E-state index contributed by atoms with van der Waals surface area (Å²) in [6.45, 7) is 4.82. The molecule has 6 heteroatoms. The van der Waals surface area contributed by atoms with Crippen molar-refractivity contribution in [3.63, 3.8) is 0 Å². The van der Waals surface area contributed by atoms with Gasteiger partial charge in [0.05, 0.1) is 6.20 Å². The Morgan fingerprint density at radius 1 is 1.20 bits per heavy atom. The first-order valence-corrected chi connectivity index (χ1v) is 8.03. The maximum Gasteiger partial charge on any atom is 0.260 e. The van der Waals surface area contributed by atoms with Crippen LogP contribution in [0.15, 0.2) is 41.6 Å². The molecular weight excluding hydrogens is 274 g/mol. The zero-order valence-electron chi connectivity index (χ0n) is 11.7. The van der Waals surface area contributed by atoms with E-state index < -0.39 is 10.0 Å². The molecule has 5 nitrogen and oxygen atoms in total. The van der Waals surface area contributed by atoms with Gasteiger partial charge < -0.3 is 0 Å². The van der Waals surface area contributed by atoms with Gasteiger partial charge in [0.2, 0.25) is 0 Å². The van der Waals surface area contributed by atoms with Gasteiger partial charge in [-0.15, -0.1) is 0 Å². The van der Waals surface area contributed by atoms with E-state index in [4.69, 9.17) is 0 Å². The van der Waals surface area contributed by atoms with Crippen molar-refractivity contribution in [2.24, 2.45) is 0 Å². The predicted octanol–water partition coefficient (Wildman–Crippen LogP) is 2.32. The first kappa shape index (κ1) is 14.7. The number of hydrogen-bond acceptors (Lipinski definition) is 3. The van der Waals surface area contributed by atoms with E-state index in [0.717, 1.165) is 17.5 Å². The molecule has 0 aliphatic rings. The lowest BCUT2D eigenvalue weighted by Gasteiger charge is -2.20. The van der Waals surface area contributed by atoms with Crippen LogP contribution >= 0.6 is 0 Å². The predicted molar refractivity (Wildman–Crippen MR) is 77.7 cm³/mol. The van der Waals surface area contributed by atoms with Crippen molar-refractivity contribution in [1.29, 1.82) is 0 Å². The number of hydrogen-bond donors (Lipinski definition) is 1. The van der Waals surface area contributed by atoms with E-state index in [1.165, 1.54) is 16.6 Å². The second-order valence-corrected chi connectivity index (χ2v) is 6.65. The normalized spacial score (nSPS) is 11.9. The lowest BCUT2D eigenvalue weighted by Crippen LogP contribution is -2.31. The number of sulfonamides is 1. The standard InChI is InChI=1S/C14H19N3O2S/c1-3-10-17(11-13-6-4-12(2)5-7-13)20(18,19)14-8-9-15-16-14/h4-9H,3,10-11H2,1-2H3,(H,15,16). The van der Waals surface area contributed by atoms with E-state index in [-0.39, 0.29) is 5.03 Å². The fourth-order valence-corrected chi connectivity index (χ4v) is 3.38. The molecule has 1 N–H and O–H groups in total. The molecule has 1 aromatic carbocycles. The van der Waals surface area contributed by atoms with Crippen LogP contribution in [0.3, 0.4) is 0 Å². The zero-order chi connectivity index (χ0) is 14.6. The molecule has 0 aliphatic heterocycles. The van der Waals surface area contributed by atoms with Gasteiger partial charge in [-0.2, -0.15) is 9.40 Å². The Kier molecular flexibility index (Phi) is 4.57. The minimum absolute atomic E-state index is 0.137. The number of aromatic nitrogens is 2. The summed E-state index contributed by atoms with van der Waals surface area (Å²) < 4.78 is 26.5. The van der Waals surface area contributed by atoms with E-state index in [0.29, 0.717) is 13.1 Å². The van der Waals surface area contributed by atoms with Gasteiger partial charge in [-0.05, 0) is 25.0 Å². The second-order valence-electron chi connectivity index (χ2n) is 4.75. The third-order valence-corrected chi connectivity index (χ3v) is 4.82. The van der Waals surface area contributed by atoms with Gasteiger partial charge in [-0.1, -0.05) is 36.8 Å². The molecule has 0 atom stereocenters. The molecule has 0 fully saturated rings. The van der Waals surface area contributed by atoms with Crippen LogP contribution < -0.4 is 0 Å². The first-order chi connectivity index (χ1) is 9.54. The Labute approximate surface area is 119 Å². The number of nitrogens with zero attached hydrogens (tertiary/aromatic N) is 2. The summed E-state index contributed by atoms with van der Waals surface area (Å²) in [7, 11) is -3.51. The number of benzene rings is 1. The lowest BCUT2D eigenvalue weighted by atomic mass is 10.1. The molecule has 0 aliphatic carbocycles. The summed E-state index contributed by atoms with van der Waals surface area (Å²) >= 11 is 0. The molecule has 20 heavy (non-hydrogen) atoms. The quantitative estimate of drug-likeness (QED) is 0.889. The fraction of sp³-hybridized carbons (Fsp3) is 0.357. The molecule has 2 aromatic rings. The molecule has 0 amide bonds. The van der Waals surface area contributed by atoms with Gasteiger partial charge >= 0.3 is 0 Å². The second kappa shape index (κ2) is 6.19. The molecule has 1 heterocycles. The average molecular weight is 293 g/mol. The van der Waals surface area contributed by atoms with Crippen molar-refractivity contribution in [2.75, 3.05) is 6.54 Å². The maximum atomic E-state index is 12.5. The number of rotatable bonds is 6. The monoisotopic (exact) mass is 293 g/mol. The summed E-state index contributed by atoms with van der Waals surface area (Å²) in [4.78, 5) is 0. The smallest absolute Gasteiger partial charge is 0.260 e. The number of nitrogens with one attached hydrogen (secondary N) is 1. The SMILES string of the molecule is CCCN(Cc1ccc(C)cc1)S(=O)(=O)c1ccn[nH]1. The number of aromatic amines is 1. The molecule has 1 aromatic heterocycles. The molecule has 0 bridgehead atoms. The van der Waals surface area contributed by atoms with Crippen LogP contribution in [0.1, 0.15) is 24.5 Å². The van der Waals surface area contributed by atoms with Gasteiger partial charge in [-0.25, -0.2) is 8.42 Å². The molecule has 0 saturated carbocycles. The largest absolute Gasteiger partial charge is 0.266 e. The zero-order valence-corrected chi connectivity index (χ0v) is 12.5. The van der Waals surface area contributed by atoms with Crippen molar-refractivity contribution >= 4 is 10.0 Å².